The van der Waals surface area contributed by atoms with E-state index in [2.05, 4.69) is 34.8 Å². The lowest BCUT2D eigenvalue weighted by molar-refractivity contribution is 0.102. The van der Waals surface area contributed by atoms with E-state index in [1.165, 1.54) is 0 Å². The van der Waals surface area contributed by atoms with Crippen molar-refractivity contribution in [2.75, 3.05) is 18.4 Å². The van der Waals surface area contributed by atoms with Crippen LogP contribution in [-0.4, -0.2) is 34.0 Å². The molecular weight excluding hydrogens is 326 g/mol. The number of piperidine rings is 1. The number of rotatable bonds is 4. The number of para-hydroxylation sites is 1. The Hall–Kier alpha value is -1.92. The van der Waals surface area contributed by atoms with Gasteiger partial charge in [-0.1, -0.05) is 37.3 Å². The molecule has 1 aromatic heterocycles. The van der Waals surface area contributed by atoms with Crippen LogP contribution in [0.3, 0.4) is 0 Å². The van der Waals surface area contributed by atoms with Gasteiger partial charge in [-0.3, -0.25) is 4.79 Å². The van der Waals surface area contributed by atoms with Gasteiger partial charge >= 0.3 is 0 Å². The van der Waals surface area contributed by atoms with E-state index in [9.17, 15) is 4.79 Å². The van der Waals surface area contributed by atoms with Gasteiger partial charge in [0, 0.05) is 5.69 Å². The van der Waals surface area contributed by atoms with E-state index < -0.39 is 0 Å². The normalized spacial score (nSPS) is 15.1. The summed E-state index contributed by atoms with van der Waals surface area (Å²) < 4.78 is 1.82. The van der Waals surface area contributed by atoms with Crippen LogP contribution in [-0.2, 0) is 0 Å². The number of hydrogen-bond acceptors (Lipinski definition) is 4. The molecule has 24 heavy (non-hydrogen) atoms. The van der Waals surface area contributed by atoms with Crippen molar-refractivity contribution < 1.29 is 4.79 Å². The number of nitrogens with zero attached hydrogens (tertiary/aromatic N) is 3. The predicted octanol–water partition coefficient (Wildman–Crippen LogP) is 3.00. The summed E-state index contributed by atoms with van der Waals surface area (Å²) in [5.74, 6) is 0.134. The number of carbonyl (C=O) groups excluding carboxylic acids is 1. The van der Waals surface area contributed by atoms with Crippen LogP contribution in [0, 0.1) is 0 Å². The topological polar surface area (TPSA) is 71.8 Å². The predicted molar refractivity (Wildman–Crippen MR) is 96.9 cm³/mol. The summed E-state index contributed by atoms with van der Waals surface area (Å²) in [5.41, 5.74) is 2.32. The first kappa shape index (κ1) is 18.4. The second-order valence-electron chi connectivity index (χ2n) is 6.26. The van der Waals surface area contributed by atoms with Gasteiger partial charge in [-0.25, -0.2) is 4.68 Å². The Morgan fingerprint density at radius 2 is 2.00 bits per heavy atom. The number of halogens is 1. The minimum absolute atomic E-state index is 0. The lowest BCUT2D eigenvalue weighted by Crippen LogP contribution is -2.29. The minimum Gasteiger partial charge on any atom is -0.320 e. The third-order valence-electron chi connectivity index (χ3n) is 4.26. The van der Waals surface area contributed by atoms with E-state index >= 15 is 0 Å². The largest absolute Gasteiger partial charge is 0.320 e. The summed E-state index contributed by atoms with van der Waals surface area (Å²) in [6.45, 7) is 6.18. The molecule has 0 radical (unpaired) electrons. The van der Waals surface area contributed by atoms with Crippen LogP contribution in [0.1, 0.15) is 54.7 Å². The summed E-state index contributed by atoms with van der Waals surface area (Å²) in [6, 6.07) is 8.19. The maximum atomic E-state index is 12.4. The molecule has 0 unspecified atom stereocenters. The molecule has 2 N–H and O–H groups in total. The third-order valence-corrected chi connectivity index (χ3v) is 4.26. The standard InChI is InChI=1S/C17H23N5O.ClH/c1-12(2)14-5-3-4-6-15(14)19-17(23)16-11-22(21-20-16)13-7-9-18-10-8-13;/h3-6,11-13,18H,7-10H2,1-2H3,(H,19,23);1H. The van der Waals surface area contributed by atoms with Crippen molar-refractivity contribution in [3.8, 4) is 0 Å². The monoisotopic (exact) mass is 349 g/mol. The summed E-state index contributed by atoms with van der Waals surface area (Å²) >= 11 is 0. The van der Waals surface area contributed by atoms with Gasteiger partial charge in [-0.2, -0.15) is 0 Å². The van der Waals surface area contributed by atoms with Crippen LogP contribution in [0.15, 0.2) is 30.5 Å². The number of anilines is 1. The van der Waals surface area contributed by atoms with Crippen LogP contribution in [0.4, 0.5) is 5.69 Å². The molecule has 0 spiro atoms. The molecule has 0 saturated carbocycles. The Bertz CT molecular complexity index is 679. The lowest BCUT2D eigenvalue weighted by Gasteiger charge is -2.22. The van der Waals surface area contributed by atoms with E-state index in [1.807, 2.05) is 28.9 Å². The molecule has 2 aromatic rings. The highest BCUT2D eigenvalue weighted by atomic mass is 35.5. The Morgan fingerprint density at radius 1 is 1.29 bits per heavy atom. The maximum Gasteiger partial charge on any atom is 0.277 e. The molecule has 0 atom stereocenters. The molecule has 130 valence electrons. The molecule has 0 aliphatic carbocycles. The van der Waals surface area contributed by atoms with Crippen molar-refractivity contribution in [3.05, 3.63) is 41.7 Å². The first-order valence-electron chi connectivity index (χ1n) is 8.18. The molecule has 3 rings (SSSR count). The highest BCUT2D eigenvalue weighted by molar-refractivity contribution is 6.03. The van der Waals surface area contributed by atoms with Crippen LogP contribution < -0.4 is 10.6 Å². The molecule has 1 amide bonds. The number of nitrogens with one attached hydrogen (secondary N) is 2. The van der Waals surface area contributed by atoms with Gasteiger partial charge in [0.1, 0.15) is 0 Å². The van der Waals surface area contributed by atoms with Gasteiger partial charge in [-0.15, -0.1) is 17.5 Å². The summed E-state index contributed by atoms with van der Waals surface area (Å²) in [5, 5.41) is 14.5. The fraction of sp³-hybridized carbons (Fsp3) is 0.471. The van der Waals surface area contributed by atoms with Crippen LogP contribution in [0.25, 0.3) is 0 Å². The molecule has 1 aliphatic rings. The molecule has 1 fully saturated rings. The first-order chi connectivity index (χ1) is 11.1. The fourth-order valence-electron chi connectivity index (χ4n) is 2.93. The van der Waals surface area contributed by atoms with E-state index in [0.717, 1.165) is 37.2 Å². The maximum absolute atomic E-state index is 12.4. The van der Waals surface area contributed by atoms with Crippen molar-refractivity contribution >= 4 is 24.0 Å². The SMILES string of the molecule is CC(C)c1ccccc1NC(=O)c1cn(C2CCNCC2)nn1.Cl. The van der Waals surface area contributed by atoms with Crippen molar-refractivity contribution in [1.82, 2.24) is 20.3 Å². The molecule has 1 aliphatic heterocycles. The summed E-state index contributed by atoms with van der Waals surface area (Å²) in [4.78, 5) is 12.4. The van der Waals surface area contributed by atoms with Crippen molar-refractivity contribution in [1.29, 1.82) is 0 Å². The molecule has 1 saturated heterocycles. The third kappa shape index (κ3) is 4.13. The second-order valence-corrected chi connectivity index (χ2v) is 6.26. The van der Waals surface area contributed by atoms with Crippen molar-refractivity contribution in [2.45, 2.75) is 38.6 Å². The Balaban J connectivity index is 0.00000208. The zero-order valence-electron chi connectivity index (χ0n) is 14.0. The summed E-state index contributed by atoms with van der Waals surface area (Å²) in [6.07, 6.45) is 3.78. The van der Waals surface area contributed by atoms with Gasteiger partial charge in [0.2, 0.25) is 0 Å². The number of hydrogen-bond donors (Lipinski definition) is 2. The number of aromatic nitrogens is 3. The van der Waals surface area contributed by atoms with E-state index in [4.69, 9.17) is 0 Å². The first-order valence-corrected chi connectivity index (χ1v) is 8.18. The van der Waals surface area contributed by atoms with E-state index in [1.54, 1.807) is 6.20 Å². The van der Waals surface area contributed by atoms with Gasteiger partial charge in [-0.05, 0) is 43.5 Å². The average Bonchev–Trinajstić information content (AvgIpc) is 3.06. The Labute approximate surface area is 148 Å². The van der Waals surface area contributed by atoms with Crippen molar-refractivity contribution in [3.63, 3.8) is 0 Å². The quantitative estimate of drug-likeness (QED) is 0.890. The average molecular weight is 350 g/mol. The molecule has 7 heteroatoms. The second kappa shape index (κ2) is 8.26. The van der Waals surface area contributed by atoms with Crippen LogP contribution in [0.5, 0.6) is 0 Å². The minimum atomic E-state index is -0.210. The Kier molecular flexibility index (Phi) is 6.34. The lowest BCUT2D eigenvalue weighted by atomic mass is 10.0. The molecule has 1 aromatic carbocycles. The zero-order chi connectivity index (χ0) is 16.2. The smallest absolute Gasteiger partial charge is 0.277 e. The van der Waals surface area contributed by atoms with E-state index in [0.29, 0.717) is 17.7 Å². The van der Waals surface area contributed by atoms with Crippen molar-refractivity contribution in [2.24, 2.45) is 0 Å². The molecule has 0 bridgehead atoms. The number of amides is 1. The van der Waals surface area contributed by atoms with Crippen LogP contribution >= 0.6 is 12.4 Å². The zero-order valence-corrected chi connectivity index (χ0v) is 14.8. The fourth-order valence-corrected chi connectivity index (χ4v) is 2.93. The number of benzene rings is 1. The van der Waals surface area contributed by atoms with Gasteiger partial charge in [0.25, 0.3) is 5.91 Å². The Morgan fingerprint density at radius 3 is 2.71 bits per heavy atom. The highest BCUT2D eigenvalue weighted by Gasteiger charge is 2.19. The highest BCUT2D eigenvalue weighted by Crippen LogP contribution is 2.24. The molecule has 6 nitrogen and oxygen atoms in total. The van der Waals surface area contributed by atoms with Crippen LogP contribution in [0.2, 0.25) is 0 Å². The van der Waals surface area contributed by atoms with Gasteiger partial charge < -0.3 is 10.6 Å². The molecular formula is C17H24ClN5O. The van der Waals surface area contributed by atoms with Gasteiger partial charge in [0.15, 0.2) is 5.69 Å². The van der Waals surface area contributed by atoms with E-state index in [-0.39, 0.29) is 18.3 Å². The van der Waals surface area contributed by atoms with Gasteiger partial charge in [0.05, 0.1) is 12.2 Å². The molecule has 2 heterocycles. The number of carbonyl (C=O) groups is 1. The summed E-state index contributed by atoms with van der Waals surface area (Å²) in [7, 11) is 0.